The normalized spacial score (nSPS) is 24.5. The maximum atomic E-state index is 12.2. The maximum absolute atomic E-state index is 12.2. The zero-order valence-corrected chi connectivity index (χ0v) is 13.7. The van der Waals surface area contributed by atoms with Crippen LogP contribution in [0.15, 0.2) is 0 Å². The van der Waals surface area contributed by atoms with Crippen LogP contribution < -0.4 is 5.32 Å². The molecule has 2 N–H and O–H groups in total. The van der Waals surface area contributed by atoms with Crippen molar-refractivity contribution in [1.29, 1.82) is 0 Å². The summed E-state index contributed by atoms with van der Waals surface area (Å²) in [6.45, 7) is 7.98. The Balaban J connectivity index is 2.65. The molecule has 122 valence electrons. The van der Waals surface area contributed by atoms with E-state index in [1.54, 1.807) is 0 Å². The summed E-state index contributed by atoms with van der Waals surface area (Å²) in [6.07, 6.45) is 5.14. The van der Waals surface area contributed by atoms with E-state index in [-0.39, 0.29) is 11.9 Å². The lowest BCUT2D eigenvalue weighted by Gasteiger charge is -2.42. The number of hydrogen-bond acceptors (Lipinski definition) is 3. The fourth-order valence-corrected chi connectivity index (χ4v) is 3.16. The number of carbonyl (C=O) groups excluding carboxylic acids is 1. The molecule has 0 saturated carbocycles. The number of carbonyl (C=O) groups is 2. The second-order valence-electron chi connectivity index (χ2n) is 6.23. The lowest BCUT2D eigenvalue weighted by molar-refractivity contribution is -0.155. The number of unbranched alkanes of at least 4 members (excludes halogenated alkanes) is 1. The molecule has 1 fully saturated rings. The molecule has 0 radical (unpaired) electrons. The van der Waals surface area contributed by atoms with E-state index in [9.17, 15) is 14.7 Å². The van der Waals surface area contributed by atoms with Crippen molar-refractivity contribution in [3.05, 3.63) is 0 Å². The molecule has 0 aromatic heterocycles. The molecule has 0 aromatic rings. The summed E-state index contributed by atoms with van der Waals surface area (Å²) in [7, 11) is 0. The summed E-state index contributed by atoms with van der Waals surface area (Å²) in [5.74, 6) is -0.700. The molecular formula is C16H30N2O3. The van der Waals surface area contributed by atoms with Crippen molar-refractivity contribution in [2.24, 2.45) is 5.41 Å². The van der Waals surface area contributed by atoms with Crippen molar-refractivity contribution in [1.82, 2.24) is 10.2 Å². The van der Waals surface area contributed by atoms with E-state index in [0.29, 0.717) is 19.5 Å². The minimum atomic E-state index is -0.715. The van der Waals surface area contributed by atoms with Crippen LogP contribution in [0.25, 0.3) is 0 Å². The zero-order valence-electron chi connectivity index (χ0n) is 13.7. The Kier molecular flexibility index (Phi) is 7.15. The fourth-order valence-electron chi connectivity index (χ4n) is 3.16. The van der Waals surface area contributed by atoms with Crippen LogP contribution in [0.2, 0.25) is 0 Å². The number of hydrogen-bond donors (Lipinski definition) is 2. The number of carboxylic acid groups (broad SMARTS) is 1. The quantitative estimate of drug-likeness (QED) is 0.674. The minimum absolute atomic E-state index is 0.0149. The molecule has 0 bridgehead atoms. The van der Waals surface area contributed by atoms with E-state index in [1.807, 2.05) is 18.7 Å². The first-order valence-corrected chi connectivity index (χ1v) is 8.22. The van der Waals surface area contributed by atoms with Crippen LogP contribution in [-0.2, 0) is 9.59 Å². The zero-order chi connectivity index (χ0) is 15.9. The molecule has 21 heavy (non-hydrogen) atoms. The number of nitrogens with zero attached hydrogens (tertiary/aromatic N) is 1. The van der Waals surface area contributed by atoms with Crippen molar-refractivity contribution in [2.45, 2.75) is 65.3 Å². The average Bonchev–Trinajstić information content (AvgIpc) is 2.47. The molecule has 5 nitrogen and oxygen atoms in total. The Bertz CT molecular complexity index is 355. The molecule has 1 saturated heterocycles. The van der Waals surface area contributed by atoms with Gasteiger partial charge in [0.25, 0.3) is 0 Å². The third kappa shape index (κ3) is 4.70. The molecule has 1 heterocycles. The largest absolute Gasteiger partial charge is 0.481 e. The highest BCUT2D eigenvalue weighted by atomic mass is 16.4. The van der Waals surface area contributed by atoms with E-state index in [2.05, 4.69) is 12.2 Å². The molecule has 0 spiro atoms. The number of amides is 1. The number of rotatable bonds is 8. The standard InChI is InChI=1S/C16H30N2O3/c1-4-6-10-17-14(19)13(3)18-11-7-9-16(12-18,8-5-2)15(20)21/h13H,4-12H2,1-3H3,(H,17,19)(H,20,21). The maximum Gasteiger partial charge on any atom is 0.310 e. The second-order valence-corrected chi connectivity index (χ2v) is 6.23. The Morgan fingerprint density at radius 3 is 2.62 bits per heavy atom. The SMILES string of the molecule is CCCCNC(=O)C(C)N1CCCC(CCC)(C(=O)O)C1. The lowest BCUT2D eigenvalue weighted by atomic mass is 9.76. The van der Waals surface area contributed by atoms with Crippen molar-refractivity contribution in [3.63, 3.8) is 0 Å². The smallest absolute Gasteiger partial charge is 0.310 e. The lowest BCUT2D eigenvalue weighted by Crippen LogP contribution is -2.54. The topological polar surface area (TPSA) is 69.6 Å². The Labute approximate surface area is 128 Å². The van der Waals surface area contributed by atoms with Gasteiger partial charge in [-0.05, 0) is 39.2 Å². The van der Waals surface area contributed by atoms with Crippen LogP contribution in [-0.4, -0.2) is 47.6 Å². The third-order valence-corrected chi connectivity index (χ3v) is 4.55. The predicted octanol–water partition coefficient (Wildman–Crippen LogP) is 2.26. The summed E-state index contributed by atoms with van der Waals surface area (Å²) < 4.78 is 0. The molecule has 1 rings (SSSR count). The van der Waals surface area contributed by atoms with Crippen LogP contribution in [0.4, 0.5) is 0 Å². The van der Waals surface area contributed by atoms with Crippen molar-refractivity contribution in [3.8, 4) is 0 Å². The number of carboxylic acids is 1. The van der Waals surface area contributed by atoms with Gasteiger partial charge in [0, 0.05) is 13.1 Å². The van der Waals surface area contributed by atoms with Gasteiger partial charge in [0.2, 0.25) is 5.91 Å². The van der Waals surface area contributed by atoms with Gasteiger partial charge >= 0.3 is 5.97 Å². The summed E-state index contributed by atoms with van der Waals surface area (Å²) in [5, 5.41) is 12.5. The van der Waals surface area contributed by atoms with Gasteiger partial charge in [-0.1, -0.05) is 26.7 Å². The highest BCUT2D eigenvalue weighted by Gasteiger charge is 2.43. The monoisotopic (exact) mass is 298 g/mol. The first-order valence-electron chi connectivity index (χ1n) is 8.22. The minimum Gasteiger partial charge on any atom is -0.481 e. The van der Waals surface area contributed by atoms with Gasteiger partial charge < -0.3 is 10.4 Å². The van der Waals surface area contributed by atoms with Gasteiger partial charge in [-0.2, -0.15) is 0 Å². The molecule has 2 unspecified atom stereocenters. The molecule has 2 atom stereocenters. The van der Waals surface area contributed by atoms with E-state index in [1.165, 1.54) is 0 Å². The van der Waals surface area contributed by atoms with E-state index >= 15 is 0 Å². The summed E-state index contributed by atoms with van der Waals surface area (Å²) in [6, 6.07) is -0.252. The average molecular weight is 298 g/mol. The first kappa shape index (κ1) is 18.0. The molecule has 0 aromatic carbocycles. The Morgan fingerprint density at radius 2 is 2.05 bits per heavy atom. The van der Waals surface area contributed by atoms with Crippen LogP contribution >= 0.6 is 0 Å². The van der Waals surface area contributed by atoms with Gasteiger partial charge in [0.1, 0.15) is 0 Å². The highest BCUT2D eigenvalue weighted by molar-refractivity contribution is 5.81. The number of nitrogens with one attached hydrogen (secondary N) is 1. The first-order chi connectivity index (χ1) is 9.96. The fraction of sp³-hybridized carbons (Fsp3) is 0.875. The summed E-state index contributed by atoms with van der Waals surface area (Å²) in [5.41, 5.74) is -0.676. The van der Waals surface area contributed by atoms with Crippen molar-refractivity contribution < 1.29 is 14.7 Å². The van der Waals surface area contributed by atoms with Crippen molar-refractivity contribution >= 4 is 11.9 Å². The van der Waals surface area contributed by atoms with Crippen LogP contribution in [0.5, 0.6) is 0 Å². The molecule has 1 aliphatic heterocycles. The highest BCUT2D eigenvalue weighted by Crippen LogP contribution is 2.35. The summed E-state index contributed by atoms with van der Waals surface area (Å²) in [4.78, 5) is 25.9. The van der Waals surface area contributed by atoms with E-state index in [0.717, 1.165) is 38.6 Å². The van der Waals surface area contributed by atoms with Gasteiger partial charge in [0.05, 0.1) is 11.5 Å². The number of aliphatic carboxylic acids is 1. The van der Waals surface area contributed by atoms with Gasteiger partial charge in [-0.25, -0.2) is 0 Å². The van der Waals surface area contributed by atoms with E-state index < -0.39 is 11.4 Å². The molecule has 1 aliphatic rings. The van der Waals surface area contributed by atoms with Crippen LogP contribution in [0.1, 0.15) is 59.3 Å². The Morgan fingerprint density at radius 1 is 1.33 bits per heavy atom. The van der Waals surface area contributed by atoms with Crippen LogP contribution in [0, 0.1) is 5.41 Å². The summed E-state index contributed by atoms with van der Waals surface area (Å²) >= 11 is 0. The second kappa shape index (κ2) is 8.37. The van der Waals surface area contributed by atoms with Gasteiger partial charge in [0.15, 0.2) is 0 Å². The molecular weight excluding hydrogens is 268 g/mol. The third-order valence-electron chi connectivity index (χ3n) is 4.55. The molecule has 1 amide bonds. The Hall–Kier alpha value is -1.10. The van der Waals surface area contributed by atoms with E-state index in [4.69, 9.17) is 0 Å². The molecule has 5 heteroatoms. The number of likely N-dealkylation sites (tertiary alicyclic amines) is 1. The molecule has 0 aliphatic carbocycles. The predicted molar refractivity (Wildman–Crippen MR) is 83.2 cm³/mol. The van der Waals surface area contributed by atoms with Crippen LogP contribution in [0.3, 0.4) is 0 Å². The van der Waals surface area contributed by atoms with Gasteiger partial charge in [-0.15, -0.1) is 0 Å². The van der Waals surface area contributed by atoms with Crippen molar-refractivity contribution in [2.75, 3.05) is 19.6 Å². The van der Waals surface area contributed by atoms with Gasteiger partial charge in [-0.3, -0.25) is 14.5 Å². The number of piperidine rings is 1.